The molecule has 28 heavy (non-hydrogen) atoms. The summed E-state index contributed by atoms with van der Waals surface area (Å²) in [6.07, 6.45) is 0.159. The Labute approximate surface area is 173 Å². The smallest absolute Gasteiger partial charge is 0.225 e. The number of hydrogen-bond acceptors (Lipinski definition) is 5. The summed E-state index contributed by atoms with van der Waals surface area (Å²) in [5.41, 5.74) is 0.923. The summed E-state index contributed by atoms with van der Waals surface area (Å²) < 4.78 is 25.3. The molecule has 0 unspecified atom stereocenters. The van der Waals surface area contributed by atoms with Gasteiger partial charge in [0.15, 0.2) is 9.84 Å². The van der Waals surface area contributed by atoms with Crippen molar-refractivity contribution in [1.82, 2.24) is 0 Å². The minimum absolute atomic E-state index is 0.0762. The van der Waals surface area contributed by atoms with Crippen LogP contribution in [0.25, 0.3) is 0 Å². The first-order chi connectivity index (χ1) is 13.2. The number of benzene rings is 2. The van der Waals surface area contributed by atoms with Crippen LogP contribution in [0.4, 0.5) is 11.4 Å². The van der Waals surface area contributed by atoms with E-state index >= 15 is 0 Å². The number of rotatable bonds is 5. The lowest BCUT2D eigenvalue weighted by molar-refractivity contribution is -0.116. The molecule has 1 atom stereocenters. The van der Waals surface area contributed by atoms with E-state index < -0.39 is 15.7 Å². The van der Waals surface area contributed by atoms with Crippen molar-refractivity contribution in [1.29, 1.82) is 0 Å². The van der Waals surface area contributed by atoms with Gasteiger partial charge in [-0.1, -0.05) is 30.7 Å². The number of carbonyl (C=O) groups is 2. The summed E-state index contributed by atoms with van der Waals surface area (Å²) in [6.45, 7) is 1.95. The van der Waals surface area contributed by atoms with Gasteiger partial charge >= 0.3 is 0 Å². The monoisotopic (exact) mass is 438 g/mol. The highest BCUT2D eigenvalue weighted by atomic mass is 35.5. The van der Waals surface area contributed by atoms with Gasteiger partial charge in [-0.05, 0) is 30.3 Å². The molecule has 9 heteroatoms. The molecular formula is C19H19ClN2O4S2. The zero-order valence-electron chi connectivity index (χ0n) is 15.1. The lowest BCUT2D eigenvalue weighted by atomic mass is 10.3. The number of sulfone groups is 1. The van der Waals surface area contributed by atoms with Gasteiger partial charge < -0.3 is 10.6 Å². The maximum Gasteiger partial charge on any atom is 0.225 e. The summed E-state index contributed by atoms with van der Waals surface area (Å²) in [5.74, 6) is -0.934. The molecule has 6 nitrogen and oxygen atoms in total. The molecule has 0 saturated heterocycles. The van der Waals surface area contributed by atoms with Crippen LogP contribution in [0.15, 0.2) is 52.3 Å². The average molecular weight is 439 g/mol. The SMILES string of the molecule is C[C@H]1CC(=O)Nc2cc(S(=O)(=O)CCC(=O)Nc3ccccc3Cl)ccc2S1. The Morgan fingerprint density at radius 3 is 2.79 bits per heavy atom. The zero-order valence-corrected chi connectivity index (χ0v) is 17.5. The Bertz CT molecular complexity index is 1020. The lowest BCUT2D eigenvalue weighted by Crippen LogP contribution is -2.18. The van der Waals surface area contributed by atoms with E-state index in [1.807, 2.05) is 6.92 Å². The van der Waals surface area contributed by atoms with Gasteiger partial charge in [0.1, 0.15) is 0 Å². The predicted octanol–water partition coefficient (Wildman–Crippen LogP) is 3.97. The van der Waals surface area contributed by atoms with E-state index in [4.69, 9.17) is 11.6 Å². The molecule has 0 saturated carbocycles. The number of thioether (sulfide) groups is 1. The molecule has 0 aliphatic carbocycles. The van der Waals surface area contributed by atoms with Crippen molar-refractivity contribution in [3.8, 4) is 0 Å². The van der Waals surface area contributed by atoms with Crippen LogP contribution in [-0.2, 0) is 19.4 Å². The molecule has 1 aliphatic rings. The summed E-state index contributed by atoms with van der Waals surface area (Å²) >= 11 is 7.51. The minimum atomic E-state index is -3.69. The van der Waals surface area contributed by atoms with E-state index in [1.54, 1.807) is 30.3 Å². The summed E-state index contributed by atoms with van der Waals surface area (Å²) in [5, 5.41) is 5.85. The molecule has 0 radical (unpaired) electrons. The first-order valence-electron chi connectivity index (χ1n) is 8.62. The average Bonchev–Trinajstić information content (AvgIpc) is 2.77. The molecule has 2 aromatic rings. The van der Waals surface area contributed by atoms with Crippen LogP contribution in [0, 0.1) is 0 Å². The topological polar surface area (TPSA) is 92.3 Å². The first-order valence-corrected chi connectivity index (χ1v) is 11.5. The van der Waals surface area contributed by atoms with Crippen molar-refractivity contribution < 1.29 is 18.0 Å². The molecule has 1 heterocycles. The molecule has 3 rings (SSSR count). The Morgan fingerprint density at radius 1 is 1.29 bits per heavy atom. The van der Waals surface area contributed by atoms with E-state index in [2.05, 4.69) is 10.6 Å². The third-order valence-corrected chi connectivity index (χ3v) is 7.35. The minimum Gasteiger partial charge on any atom is -0.325 e. The van der Waals surface area contributed by atoms with Crippen molar-refractivity contribution in [2.45, 2.75) is 34.8 Å². The van der Waals surface area contributed by atoms with Crippen LogP contribution in [-0.4, -0.2) is 31.2 Å². The molecule has 2 amide bonds. The quantitative estimate of drug-likeness (QED) is 0.736. The van der Waals surface area contributed by atoms with E-state index in [0.29, 0.717) is 22.8 Å². The van der Waals surface area contributed by atoms with E-state index in [-0.39, 0.29) is 28.2 Å². The number of fused-ring (bicyclic) bond motifs is 1. The second-order valence-electron chi connectivity index (χ2n) is 6.44. The fraction of sp³-hybridized carbons (Fsp3) is 0.263. The predicted molar refractivity (Wildman–Crippen MR) is 112 cm³/mol. The lowest BCUT2D eigenvalue weighted by Gasteiger charge is -2.11. The molecular weight excluding hydrogens is 420 g/mol. The van der Waals surface area contributed by atoms with Crippen LogP contribution in [0.2, 0.25) is 5.02 Å². The van der Waals surface area contributed by atoms with E-state index in [1.165, 1.54) is 23.9 Å². The summed E-state index contributed by atoms with van der Waals surface area (Å²) in [6, 6.07) is 11.4. The fourth-order valence-corrected chi connectivity index (χ4v) is 5.24. The highest BCUT2D eigenvalue weighted by Gasteiger charge is 2.23. The van der Waals surface area contributed by atoms with Gasteiger partial charge in [-0.25, -0.2) is 8.42 Å². The standard InChI is InChI=1S/C19H19ClN2O4S2/c1-12-10-19(24)22-16-11-13(6-7-17(16)27-12)28(25,26)9-8-18(23)21-15-5-3-2-4-14(15)20/h2-7,11-12H,8-10H2,1H3,(H,21,23)(H,22,24)/t12-/m0/s1. The van der Waals surface area contributed by atoms with Crippen LogP contribution in [0.1, 0.15) is 19.8 Å². The van der Waals surface area contributed by atoms with Gasteiger partial charge in [0, 0.05) is 23.0 Å². The number of anilines is 2. The maximum absolute atomic E-state index is 12.6. The van der Waals surface area contributed by atoms with Crippen molar-refractivity contribution in [2.75, 3.05) is 16.4 Å². The largest absolute Gasteiger partial charge is 0.325 e. The molecule has 0 bridgehead atoms. The molecule has 2 N–H and O–H groups in total. The van der Waals surface area contributed by atoms with Crippen LogP contribution in [0.3, 0.4) is 0 Å². The zero-order chi connectivity index (χ0) is 20.3. The Balaban J connectivity index is 1.70. The fourth-order valence-electron chi connectivity index (χ4n) is 2.74. The van der Waals surface area contributed by atoms with Gasteiger partial charge in [-0.15, -0.1) is 11.8 Å². The number of nitrogens with one attached hydrogen (secondary N) is 2. The number of hydrogen-bond donors (Lipinski definition) is 2. The normalized spacial score (nSPS) is 16.6. The Kier molecular flexibility index (Phi) is 6.32. The number of amides is 2. The van der Waals surface area contributed by atoms with Crippen molar-refractivity contribution in [2.24, 2.45) is 0 Å². The van der Waals surface area contributed by atoms with Gasteiger partial charge in [0.05, 0.1) is 27.0 Å². The van der Waals surface area contributed by atoms with E-state index in [9.17, 15) is 18.0 Å². The van der Waals surface area contributed by atoms with Gasteiger partial charge in [-0.2, -0.15) is 0 Å². The van der Waals surface area contributed by atoms with Crippen molar-refractivity contribution in [3.63, 3.8) is 0 Å². The molecule has 1 aliphatic heterocycles. The van der Waals surface area contributed by atoms with Gasteiger partial charge in [0.2, 0.25) is 11.8 Å². The third kappa shape index (κ3) is 5.06. The number of para-hydroxylation sites is 1. The highest BCUT2D eigenvalue weighted by Crippen LogP contribution is 2.36. The Hall–Kier alpha value is -2.03. The molecule has 2 aromatic carbocycles. The van der Waals surface area contributed by atoms with Gasteiger partial charge in [0.25, 0.3) is 0 Å². The van der Waals surface area contributed by atoms with Crippen LogP contribution < -0.4 is 10.6 Å². The maximum atomic E-state index is 12.6. The summed E-state index contributed by atoms with van der Waals surface area (Å²) in [7, 11) is -3.69. The van der Waals surface area contributed by atoms with Gasteiger partial charge in [-0.3, -0.25) is 9.59 Å². The highest BCUT2D eigenvalue weighted by molar-refractivity contribution is 8.00. The van der Waals surface area contributed by atoms with Crippen molar-refractivity contribution in [3.05, 3.63) is 47.5 Å². The molecule has 0 fully saturated rings. The number of halogens is 1. The van der Waals surface area contributed by atoms with Crippen molar-refractivity contribution >= 4 is 56.4 Å². The molecule has 0 spiro atoms. The summed E-state index contributed by atoms with van der Waals surface area (Å²) in [4.78, 5) is 24.9. The molecule has 148 valence electrons. The second-order valence-corrected chi connectivity index (χ2v) is 10.4. The molecule has 0 aromatic heterocycles. The second kappa shape index (κ2) is 8.55. The Morgan fingerprint density at radius 2 is 2.04 bits per heavy atom. The third-order valence-electron chi connectivity index (χ3n) is 4.13. The number of carbonyl (C=O) groups excluding carboxylic acids is 2. The first kappa shape index (κ1) is 20.7. The van der Waals surface area contributed by atoms with E-state index in [0.717, 1.165) is 4.90 Å². The van der Waals surface area contributed by atoms with Crippen LogP contribution >= 0.6 is 23.4 Å². The van der Waals surface area contributed by atoms with Crippen LogP contribution in [0.5, 0.6) is 0 Å².